The number of aromatic nitrogens is 2. The number of hydrogen-bond donors (Lipinski definition) is 2. The summed E-state index contributed by atoms with van der Waals surface area (Å²) < 4.78 is 5.50. The largest absolute Gasteiger partial charge is 0.494 e. The molecule has 4 nitrogen and oxygen atoms in total. The van der Waals surface area contributed by atoms with E-state index in [2.05, 4.69) is 46.4 Å². The monoisotopic (exact) mass is 343 g/mol. The smallest absolute Gasteiger partial charge is 0.144 e. The van der Waals surface area contributed by atoms with Crippen LogP contribution in [0, 0.1) is 0 Å². The molecule has 4 heteroatoms. The molecule has 0 atom stereocenters. The molecule has 0 aliphatic carbocycles. The molecular formula is C22H21N3O. The standard InChI is InChI=1S/C22H21N3O/c1-26-22-15-20(19-8-5-13-23-19)25-21(22)14-18-12-11-17(24-18)10-9-16-6-3-2-4-7-16/h2-8,11-15,23,25H,9-10H2,1H3/b18-14+. The van der Waals surface area contributed by atoms with Gasteiger partial charge in [0, 0.05) is 18.0 Å². The molecule has 2 aromatic heterocycles. The zero-order valence-corrected chi connectivity index (χ0v) is 14.7. The first-order valence-electron chi connectivity index (χ1n) is 8.74. The maximum atomic E-state index is 5.50. The minimum atomic E-state index is 0.809. The van der Waals surface area contributed by atoms with Crippen molar-refractivity contribution in [1.29, 1.82) is 0 Å². The van der Waals surface area contributed by atoms with E-state index < -0.39 is 0 Å². The number of allylic oxidation sites excluding steroid dienone is 2. The highest BCUT2D eigenvalue weighted by Gasteiger charge is 2.11. The van der Waals surface area contributed by atoms with Crippen LogP contribution in [0.2, 0.25) is 0 Å². The number of aromatic amines is 2. The molecule has 4 rings (SSSR count). The van der Waals surface area contributed by atoms with Gasteiger partial charge in [-0.3, -0.25) is 4.99 Å². The molecule has 1 aromatic carbocycles. The van der Waals surface area contributed by atoms with Crippen molar-refractivity contribution in [2.24, 2.45) is 4.99 Å². The van der Waals surface area contributed by atoms with Gasteiger partial charge in [0.1, 0.15) is 5.75 Å². The molecular weight excluding hydrogens is 322 g/mol. The third kappa shape index (κ3) is 3.54. The molecule has 0 radical (unpaired) electrons. The Morgan fingerprint density at radius 3 is 2.65 bits per heavy atom. The Kier molecular flexibility index (Phi) is 4.56. The summed E-state index contributed by atoms with van der Waals surface area (Å²) in [7, 11) is 1.68. The van der Waals surface area contributed by atoms with Crippen molar-refractivity contribution in [2.45, 2.75) is 12.8 Å². The topological polar surface area (TPSA) is 53.2 Å². The first kappa shape index (κ1) is 16.2. The Balaban J connectivity index is 1.50. The average Bonchev–Trinajstić information content (AvgIpc) is 3.42. The molecule has 0 saturated heterocycles. The number of H-pyrrole nitrogens is 2. The number of aryl methyl sites for hydroxylation is 1. The van der Waals surface area contributed by atoms with E-state index >= 15 is 0 Å². The molecule has 0 saturated carbocycles. The van der Waals surface area contributed by atoms with Gasteiger partial charge in [-0.25, -0.2) is 0 Å². The van der Waals surface area contributed by atoms with Gasteiger partial charge in [-0.15, -0.1) is 0 Å². The molecule has 1 aliphatic rings. The van der Waals surface area contributed by atoms with E-state index in [1.54, 1.807) is 7.11 Å². The number of benzene rings is 1. The highest BCUT2D eigenvalue weighted by atomic mass is 16.5. The SMILES string of the molecule is COc1cc(-c2ccc[nH]2)[nH]c1/C=C1\C=CC(CCc2ccccc2)=N1. The summed E-state index contributed by atoms with van der Waals surface area (Å²) in [5.41, 5.74) is 6.32. The average molecular weight is 343 g/mol. The second-order valence-corrected chi connectivity index (χ2v) is 6.24. The normalized spacial score (nSPS) is 14.8. The first-order valence-corrected chi connectivity index (χ1v) is 8.74. The van der Waals surface area contributed by atoms with Gasteiger partial charge in [0.25, 0.3) is 0 Å². The highest BCUT2D eigenvalue weighted by Crippen LogP contribution is 2.29. The van der Waals surface area contributed by atoms with Crippen molar-refractivity contribution in [1.82, 2.24) is 9.97 Å². The van der Waals surface area contributed by atoms with E-state index in [1.165, 1.54) is 5.56 Å². The van der Waals surface area contributed by atoms with Crippen molar-refractivity contribution in [2.75, 3.05) is 7.11 Å². The van der Waals surface area contributed by atoms with Crippen LogP contribution in [-0.2, 0) is 6.42 Å². The zero-order chi connectivity index (χ0) is 17.8. The highest BCUT2D eigenvalue weighted by molar-refractivity contribution is 5.99. The van der Waals surface area contributed by atoms with Crippen LogP contribution in [-0.4, -0.2) is 22.8 Å². The van der Waals surface area contributed by atoms with Gasteiger partial charge in [0.05, 0.1) is 29.9 Å². The van der Waals surface area contributed by atoms with Gasteiger partial charge in [-0.2, -0.15) is 0 Å². The molecule has 3 aromatic rings. The fourth-order valence-corrected chi connectivity index (χ4v) is 3.08. The lowest BCUT2D eigenvalue weighted by Crippen LogP contribution is -1.94. The van der Waals surface area contributed by atoms with Crippen LogP contribution in [0.1, 0.15) is 17.7 Å². The Labute approximate surface area is 153 Å². The summed E-state index contributed by atoms with van der Waals surface area (Å²) in [4.78, 5) is 11.3. The molecule has 0 unspecified atom stereocenters. The maximum absolute atomic E-state index is 5.50. The molecule has 3 heterocycles. The lowest BCUT2D eigenvalue weighted by Gasteiger charge is -2.00. The lowest BCUT2D eigenvalue weighted by atomic mass is 10.1. The second-order valence-electron chi connectivity index (χ2n) is 6.24. The van der Waals surface area contributed by atoms with E-state index in [4.69, 9.17) is 9.73 Å². The van der Waals surface area contributed by atoms with Gasteiger partial charge < -0.3 is 14.7 Å². The number of nitrogens with one attached hydrogen (secondary N) is 2. The van der Waals surface area contributed by atoms with Gasteiger partial charge in [0.15, 0.2) is 0 Å². The van der Waals surface area contributed by atoms with Crippen LogP contribution >= 0.6 is 0 Å². The van der Waals surface area contributed by atoms with Crippen molar-refractivity contribution in [3.05, 3.63) is 83.8 Å². The Morgan fingerprint density at radius 1 is 1.00 bits per heavy atom. The van der Waals surface area contributed by atoms with Crippen molar-refractivity contribution >= 4 is 11.8 Å². The van der Waals surface area contributed by atoms with Gasteiger partial charge in [-0.1, -0.05) is 30.3 Å². The van der Waals surface area contributed by atoms with Gasteiger partial charge in [0.2, 0.25) is 0 Å². The van der Waals surface area contributed by atoms with E-state index in [1.807, 2.05) is 36.5 Å². The van der Waals surface area contributed by atoms with Crippen LogP contribution in [0.25, 0.3) is 17.5 Å². The van der Waals surface area contributed by atoms with E-state index in [-0.39, 0.29) is 0 Å². The van der Waals surface area contributed by atoms with Gasteiger partial charge in [-0.05, 0) is 48.8 Å². The van der Waals surface area contributed by atoms with E-state index in [0.29, 0.717) is 0 Å². The molecule has 0 amide bonds. The minimum Gasteiger partial charge on any atom is -0.494 e. The predicted octanol–water partition coefficient (Wildman–Crippen LogP) is 5.00. The molecule has 1 aliphatic heterocycles. The predicted molar refractivity (Wildman–Crippen MR) is 106 cm³/mol. The number of ether oxygens (including phenoxy) is 1. The summed E-state index contributed by atoms with van der Waals surface area (Å²) in [5.74, 6) is 0.809. The molecule has 0 fully saturated rings. The molecule has 130 valence electrons. The summed E-state index contributed by atoms with van der Waals surface area (Å²) in [6.07, 6.45) is 10.0. The number of rotatable bonds is 6. The number of aliphatic imine (C=N–C) groups is 1. The zero-order valence-electron chi connectivity index (χ0n) is 14.7. The summed E-state index contributed by atoms with van der Waals surface area (Å²) in [6.45, 7) is 0. The number of hydrogen-bond acceptors (Lipinski definition) is 2. The Bertz CT molecular complexity index is 960. The third-order valence-electron chi connectivity index (χ3n) is 4.44. The van der Waals surface area contributed by atoms with E-state index in [9.17, 15) is 0 Å². The molecule has 0 spiro atoms. The van der Waals surface area contributed by atoms with Crippen molar-refractivity contribution in [3.8, 4) is 17.1 Å². The quantitative estimate of drug-likeness (QED) is 0.650. The van der Waals surface area contributed by atoms with Gasteiger partial charge >= 0.3 is 0 Å². The Hall–Kier alpha value is -3.27. The summed E-state index contributed by atoms with van der Waals surface area (Å²) >= 11 is 0. The molecule has 26 heavy (non-hydrogen) atoms. The lowest BCUT2D eigenvalue weighted by molar-refractivity contribution is 0.414. The second kappa shape index (κ2) is 7.31. The van der Waals surface area contributed by atoms with Crippen LogP contribution in [0.3, 0.4) is 0 Å². The molecule has 0 bridgehead atoms. The van der Waals surface area contributed by atoms with Crippen LogP contribution < -0.4 is 4.74 Å². The third-order valence-corrected chi connectivity index (χ3v) is 4.44. The van der Waals surface area contributed by atoms with Crippen LogP contribution in [0.15, 0.2) is 77.6 Å². The Morgan fingerprint density at radius 2 is 1.88 bits per heavy atom. The summed E-state index contributed by atoms with van der Waals surface area (Å²) in [6, 6.07) is 16.5. The molecule has 2 N–H and O–H groups in total. The fraction of sp³-hybridized carbons (Fsp3) is 0.136. The van der Waals surface area contributed by atoms with Crippen LogP contribution in [0.5, 0.6) is 5.75 Å². The number of nitrogens with zero attached hydrogens (tertiary/aromatic N) is 1. The minimum absolute atomic E-state index is 0.809. The maximum Gasteiger partial charge on any atom is 0.144 e. The number of methoxy groups -OCH3 is 1. The first-order chi connectivity index (χ1) is 12.8. The van der Waals surface area contributed by atoms with Crippen molar-refractivity contribution < 1.29 is 4.74 Å². The van der Waals surface area contributed by atoms with Crippen LogP contribution in [0.4, 0.5) is 0 Å². The fourth-order valence-electron chi connectivity index (χ4n) is 3.08. The van der Waals surface area contributed by atoms with Crippen molar-refractivity contribution in [3.63, 3.8) is 0 Å². The van der Waals surface area contributed by atoms with E-state index in [0.717, 1.165) is 47.1 Å². The summed E-state index contributed by atoms with van der Waals surface area (Å²) in [5, 5.41) is 0.